The van der Waals surface area contributed by atoms with Crippen LogP contribution in [-0.2, 0) is 0 Å². The van der Waals surface area contributed by atoms with Gasteiger partial charge >= 0.3 is 0 Å². The van der Waals surface area contributed by atoms with Crippen LogP contribution in [-0.4, -0.2) is 120 Å². The van der Waals surface area contributed by atoms with E-state index in [9.17, 15) is 0 Å². The number of pyridine rings is 9. The maximum Gasteiger partial charge on any atom is 0.227 e. The molecule has 132 heavy (non-hydrogen) atoms. The van der Waals surface area contributed by atoms with Crippen LogP contribution >= 0.6 is 0 Å². The minimum Gasteiger partial charge on any atom is -0.435 e. The van der Waals surface area contributed by atoms with Gasteiger partial charge in [0.15, 0.2) is 62.8 Å². The van der Waals surface area contributed by atoms with Gasteiger partial charge in [0.1, 0.15) is 30.8 Å². The van der Waals surface area contributed by atoms with Gasteiger partial charge in [-0.3, -0.25) is 4.90 Å². The second kappa shape index (κ2) is 32.0. The number of hydrogen-bond donors (Lipinski definition) is 0. The van der Waals surface area contributed by atoms with E-state index in [1.807, 2.05) is 121 Å². The molecule has 5 atom stereocenters. The predicted octanol–water partition coefficient (Wildman–Crippen LogP) is 24.8. The standard InChI is InChI=1S/C23H24N4O.3C21H20N4O.C20H19N5O/c1-13(2)26-16(5)27(19-7-6-12-24-22(19)26)20-14(3)8-10-17-18-11-9-15(4)25-23(18)28-21(17)20;1-12-7-9-15-16-10-8-13(2)23-21(16)26-19(15)18(12)25-14(3)24(4)20-17(25)6-5-11-22-20;2*1-12-7-9-15-16-10-8-13(2)23-21(16)26-19(15)18(12)25-14(3)24(4)17-6-5-11-22-20(17)25;1-11-5-7-14-15-8-6-12(2)23-20(15)26-17(14)16(11)25-13(3)24(4)18-19(25)22-10-9-21-18/h6-13,16H,1-5H3;3*5-11,14H,1-4H3;5-10,13H,1-4H3. The van der Waals surface area contributed by atoms with Gasteiger partial charge in [-0.15, -0.1) is 0 Å². The van der Waals surface area contributed by atoms with Gasteiger partial charge in [-0.2, -0.15) is 0 Å². The van der Waals surface area contributed by atoms with Crippen molar-refractivity contribution in [2.75, 3.05) is 77.2 Å². The molecule has 0 aliphatic carbocycles. The molecule has 20 heterocycles. The number of hydrogen-bond acceptors (Lipinski definition) is 26. The van der Waals surface area contributed by atoms with Crippen molar-refractivity contribution in [1.82, 2.24) is 54.8 Å². The molecule has 0 fully saturated rings. The molecule has 662 valence electrons. The zero-order valence-electron chi connectivity index (χ0n) is 78.0. The van der Waals surface area contributed by atoms with Crippen molar-refractivity contribution >= 4 is 196 Å². The van der Waals surface area contributed by atoms with Crippen molar-refractivity contribution in [2.45, 2.75) is 155 Å². The van der Waals surface area contributed by atoms with Gasteiger partial charge in [0, 0.05) is 154 Å². The second-order valence-corrected chi connectivity index (χ2v) is 35.6. The Balaban J connectivity index is 0.0000000995. The van der Waals surface area contributed by atoms with Crippen LogP contribution in [0, 0.1) is 69.2 Å². The normalized spacial score (nSPS) is 16.7. The third kappa shape index (κ3) is 13.3. The fourth-order valence-electron chi connectivity index (χ4n) is 19.9. The lowest BCUT2D eigenvalue weighted by Gasteiger charge is -2.33. The number of fused-ring (bicyclic) bond motifs is 20. The molecular weight excluding hydrogens is 1650 g/mol. The van der Waals surface area contributed by atoms with Gasteiger partial charge in [0.25, 0.3) is 0 Å². The quantitative estimate of drug-likeness (QED) is 0.150. The molecule has 0 amide bonds. The fourth-order valence-corrected chi connectivity index (χ4v) is 19.9. The van der Waals surface area contributed by atoms with Crippen LogP contribution < -0.4 is 49.0 Å². The van der Waals surface area contributed by atoms with Gasteiger partial charge in [-0.1, -0.05) is 60.7 Å². The highest BCUT2D eigenvalue weighted by Crippen LogP contribution is 2.54. The molecule has 0 N–H and O–H groups in total. The van der Waals surface area contributed by atoms with E-state index in [0.29, 0.717) is 34.6 Å². The average Bonchev–Trinajstić information content (AvgIpc) is 1.57. The summed E-state index contributed by atoms with van der Waals surface area (Å²) in [5.41, 5.74) is 28.2. The lowest BCUT2D eigenvalue weighted by molar-refractivity contribution is 0.597. The van der Waals surface area contributed by atoms with E-state index in [-0.39, 0.29) is 30.8 Å². The fraction of sp³-hybridized carbons (Fsp3) is 0.255. The Kier molecular flexibility index (Phi) is 20.2. The summed E-state index contributed by atoms with van der Waals surface area (Å²) < 4.78 is 31.3. The number of rotatable bonds is 6. The number of nitrogens with zero attached hydrogens (tertiary/aromatic N) is 21. The van der Waals surface area contributed by atoms with E-state index in [2.05, 4.69) is 318 Å². The number of furan rings is 5. The summed E-state index contributed by atoms with van der Waals surface area (Å²) >= 11 is 0. The topological polar surface area (TPSA) is 240 Å². The Labute approximate surface area is 764 Å². The summed E-state index contributed by atoms with van der Waals surface area (Å²) in [4.78, 5) is 73.2. The molecular formula is C106H103N21O5. The molecule has 0 bridgehead atoms. The lowest BCUT2D eigenvalue weighted by Crippen LogP contribution is -2.42. The average molecular weight is 1750 g/mol. The molecule has 5 unspecified atom stereocenters. The molecule has 20 aromatic rings. The van der Waals surface area contributed by atoms with Crippen LogP contribution in [0.5, 0.6) is 0 Å². The third-order valence-corrected chi connectivity index (χ3v) is 27.0. The molecule has 5 aromatic carbocycles. The Morgan fingerprint density at radius 3 is 0.811 bits per heavy atom. The largest absolute Gasteiger partial charge is 0.435 e. The van der Waals surface area contributed by atoms with Gasteiger partial charge in [-0.25, -0.2) is 54.8 Å². The summed E-state index contributed by atoms with van der Waals surface area (Å²) in [6, 6.07) is 58.8. The minimum absolute atomic E-state index is 0.0830. The predicted molar refractivity (Wildman–Crippen MR) is 533 cm³/mol. The molecule has 0 saturated carbocycles. The maximum absolute atomic E-state index is 6.33. The van der Waals surface area contributed by atoms with E-state index < -0.39 is 0 Å². The van der Waals surface area contributed by atoms with E-state index in [1.54, 1.807) is 12.4 Å². The molecule has 5 aliphatic heterocycles. The van der Waals surface area contributed by atoms with Crippen molar-refractivity contribution in [3.63, 3.8) is 0 Å². The zero-order valence-corrected chi connectivity index (χ0v) is 78.0. The SMILES string of the molecule is Cc1ccc2c(n1)oc1c(N3c4cccnc4N(C(C)C)C3C)c(C)ccc12.Cc1ccc2c(n1)oc1c(N3c4cccnc4N(C)C3C)c(C)ccc12.Cc1ccc2c(n1)oc1c(N3c4ncccc4N(C)C3C)c(C)ccc12.Cc1ccc2c(n1)oc1c(N3c4ncccc4N(C)C3C)c(C)ccc12.Cc1ccc2c(n1)oc1c(N3c4nccnc4N(C)C3C)c(C)ccc12. The number of aromatic nitrogens is 11. The van der Waals surface area contributed by atoms with Crippen molar-refractivity contribution in [3.05, 3.63) is 263 Å². The number of aryl methyl sites for hydroxylation is 10. The number of benzene rings is 5. The van der Waals surface area contributed by atoms with E-state index in [0.717, 1.165) is 213 Å². The molecule has 0 saturated heterocycles. The van der Waals surface area contributed by atoms with Gasteiger partial charge < -0.3 is 66.2 Å². The summed E-state index contributed by atoms with van der Waals surface area (Å²) in [5, 5.41) is 10.7. The minimum atomic E-state index is 0.0830. The van der Waals surface area contributed by atoms with Gasteiger partial charge in [0.2, 0.25) is 28.6 Å². The van der Waals surface area contributed by atoms with Crippen molar-refractivity contribution < 1.29 is 22.1 Å². The maximum atomic E-state index is 6.33. The van der Waals surface area contributed by atoms with Crippen LogP contribution in [0.1, 0.15) is 105 Å². The molecule has 15 aromatic heterocycles. The van der Waals surface area contributed by atoms with Crippen molar-refractivity contribution in [1.29, 1.82) is 0 Å². The van der Waals surface area contributed by atoms with Crippen molar-refractivity contribution in [2.24, 2.45) is 0 Å². The van der Waals surface area contributed by atoms with E-state index in [4.69, 9.17) is 27.1 Å². The van der Waals surface area contributed by atoms with Crippen molar-refractivity contribution in [3.8, 4) is 0 Å². The first-order valence-corrected chi connectivity index (χ1v) is 45.0. The Morgan fingerprint density at radius 2 is 0.477 bits per heavy atom. The highest BCUT2D eigenvalue weighted by atomic mass is 16.4. The number of anilines is 15. The molecule has 26 heteroatoms. The van der Waals surface area contributed by atoms with Gasteiger partial charge in [-0.05, 0) is 255 Å². The third-order valence-electron chi connectivity index (χ3n) is 27.0. The Morgan fingerprint density at radius 1 is 0.235 bits per heavy atom. The summed E-state index contributed by atoms with van der Waals surface area (Å²) in [5.74, 6) is 5.66. The first-order valence-electron chi connectivity index (χ1n) is 45.0. The summed E-state index contributed by atoms with van der Waals surface area (Å²) in [6.07, 6.45) is 11.5. The van der Waals surface area contributed by atoms with Crippen LogP contribution in [0.25, 0.3) is 110 Å². The summed E-state index contributed by atoms with van der Waals surface area (Å²) in [6.45, 7) is 35.9. The molecule has 25 rings (SSSR count). The van der Waals surface area contributed by atoms with Crippen LogP contribution in [0.15, 0.2) is 229 Å². The first-order chi connectivity index (χ1) is 63.7. The zero-order chi connectivity index (χ0) is 91.6. The molecule has 0 radical (unpaired) electrons. The molecule has 0 spiro atoms. The monoisotopic (exact) mass is 1750 g/mol. The lowest BCUT2D eigenvalue weighted by atomic mass is 10.1. The van der Waals surface area contributed by atoms with E-state index >= 15 is 0 Å². The first kappa shape index (κ1) is 83.4. The Hall–Kier alpha value is -15.5. The highest BCUT2D eigenvalue weighted by molar-refractivity contribution is 6.15. The molecule has 5 aliphatic rings. The van der Waals surface area contributed by atoms with Gasteiger partial charge in [0.05, 0.1) is 51.2 Å². The van der Waals surface area contributed by atoms with Crippen LogP contribution in [0.4, 0.5) is 86.1 Å². The summed E-state index contributed by atoms with van der Waals surface area (Å²) in [7, 11) is 8.32. The van der Waals surface area contributed by atoms with E-state index in [1.165, 1.54) is 11.1 Å². The second-order valence-electron chi connectivity index (χ2n) is 35.6. The van der Waals surface area contributed by atoms with Crippen LogP contribution in [0.2, 0.25) is 0 Å². The molecule has 26 nitrogen and oxygen atoms in total. The van der Waals surface area contributed by atoms with Crippen LogP contribution in [0.3, 0.4) is 0 Å². The Bertz CT molecular complexity index is 7290. The highest BCUT2D eigenvalue weighted by Gasteiger charge is 2.43. The smallest absolute Gasteiger partial charge is 0.227 e.